The van der Waals surface area contributed by atoms with Gasteiger partial charge in [-0.15, -0.1) is 0 Å². The molecule has 0 bridgehead atoms. The van der Waals surface area contributed by atoms with E-state index < -0.39 is 0 Å². The van der Waals surface area contributed by atoms with Gasteiger partial charge in [-0.25, -0.2) is 4.39 Å². The van der Waals surface area contributed by atoms with Gasteiger partial charge in [-0.3, -0.25) is 4.79 Å². The van der Waals surface area contributed by atoms with Crippen LogP contribution in [0.3, 0.4) is 0 Å². The highest BCUT2D eigenvalue weighted by molar-refractivity contribution is 5.94. The first-order valence-corrected chi connectivity index (χ1v) is 7.18. The van der Waals surface area contributed by atoms with Gasteiger partial charge in [-0.05, 0) is 55.3 Å². The van der Waals surface area contributed by atoms with Gasteiger partial charge in [0.1, 0.15) is 17.3 Å². The van der Waals surface area contributed by atoms with Crippen LogP contribution >= 0.6 is 0 Å². The lowest BCUT2D eigenvalue weighted by Crippen LogP contribution is -2.18. The molecule has 5 heteroatoms. The first kappa shape index (κ1) is 14.5. The molecule has 22 heavy (non-hydrogen) atoms. The summed E-state index contributed by atoms with van der Waals surface area (Å²) < 4.78 is 19.2. The van der Waals surface area contributed by atoms with Crippen LogP contribution in [0.4, 0.5) is 10.1 Å². The monoisotopic (exact) mass is 300 g/mol. The number of carbonyl (C=O) groups is 1. The number of nitrogens with one attached hydrogen (secondary N) is 1. The second kappa shape index (κ2) is 5.77. The number of hydrogen-bond donors (Lipinski definition) is 2. The minimum absolute atomic E-state index is 0.0268. The van der Waals surface area contributed by atoms with E-state index in [0.717, 1.165) is 11.3 Å². The van der Waals surface area contributed by atoms with Gasteiger partial charge in [-0.2, -0.15) is 0 Å². The lowest BCUT2D eigenvalue weighted by Gasteiger charge is -2.19. The van der Waals surface area contributed by atoms with Crippen molar-refractivity contribution in [2.45, 2.75) is 25.8 Å². The standard InChI is InChI=1S/C17H17FN2O2/c1-10(19)14-9-12(18)3-6-16(14)22-13-4-5-15-11(8-13)2-7-17(21)20-15/h3-6,8-10H,2,7,19H2,1H3,(H,20,21). The summed E-state index contributed by atoms with van der Waals surface area (Å²) in [5.41, 5.74) is 8.33. The molecule has 0 saturated heterocycles. The van der Waals surface area contributed by atoms with Crippen LogP contribution in [-0.2, 0) is 11.2 Å². The van der Waals surface area contributed by atoms with Gasteiger partial charge in [0.25, 0.3) is 0 Å². The number of ether oxygens (including phenoxy) is 1. The molecule has 114 valence electrons. The molecule has 1 amide bonds. The van der Waals surface area contributed by atoms with E-state index in [1.165, 1.54) is 12.1 Å². The third kappa shape index (κ3) is 2.94. The minimum atomic E-state index is -0.340. The van der Waals surface area contributed by atoms with Gasteiger partial charge in [0.05, 0.1) is 0 Å². The predicted molar refractivity (Wildman–Crippen MR) is 82.5 cm³/mol. The summed E-state index contributed by atoms with van der Waals surface area (Å²) in [6.45, 7) is 1.78. The molecular weight excluding hydrogens is 283 g/mol. The lowest BCUT2D eigenvalue weighted by molar-refractivity contribution is -0.116. The molecule has 0 fully saturated rings. The first-order chi connectivity index (χ1) is 10.5. The number of benzene rings is 2. The van der Waals surface area contributed by atoms with Crippen molar-refractivity contribution in [1.82, 2.24) is 0 Å². The maximum atomic E-state index is 13.4. The Hall–Kier alpha value is -2.40. The number of rotatable bonds is 3. The molecule has 2 aromatic rings. The van der Waals surface area contributed by atoms with Crippen molar-refractivity contribution in [2.75, 3.05) is 5.32 Å². The van der Waals surface area contributed by atoms with Gasteiger partial charge in [-0.1, -0.05) is 0 Å². The summed E-state index contributed by atoms with van der Waals surface area (Å²) in [7, 11) is 0. The number of hydrogen-bond acceptors (Lipinski definition) is 3. The number of halogens is 1. The summed E-state index contributed by atoms with van der Waals surface area (Å²) in [6.07, 6.45) is 1.15. The molecule has 0 saturated carbocycles. The molecule has 1 aliphatic rings. The maximum Gasteiger partial charge on any atom is 0.224 e. The fourth-order valence-corrected chi connectivity index (χ4v) is 2.52. The summed E-state index contributed by atoms with van der Waals surface area (Å²) in [4.78, 5) is 11.4. The number of anilines is 1. The molecule has 0 aliphatic carbocycles. The lowest BCUT2D eigenvalue weighted by atomic mass is 10.0. The Morgan fingerprint density at radius 1 is 1.23 bits per heavy atom. The number of amides is 1. The zero-order valence-corrected chi connectivity index (χ0v) is 12.2. The molecule has 1 aliphatic heterocycles. The Kier molecular flexibility index (Phi) is 3.81. The number of fused-ring (bicyclic) bond motifs is 1. The van der Waals surface area contributed by atoms with Crippen molar-refractivity contribution in [3.05, 3.63) is 53.3 Å². The highest BCUT2D eigenvalue weighted by Crippen LogP contribution is 2.32. The van der Waals surface area contributed by atoms with Crippen molar-refractivity contribution in [3.8, 4) is 11.5 Å². The largest absolute Gasteiger partial charge is 0.457 e. The zero-order chi connectivity index (χ0) is 15.7. The first-order valence-electron chi connectivity index (χ1n) is 7.18. The van der Waals surface area contributed by atoms with Gasteiger partial charge < -0.3 is 15.8 Å². The molecule has 3 N–H and O–H groups in total. The third-order valence-corrected chi connectivity index (χ3v) is 3.66. The summed E-state index contributed by atoms with van der Waals surface area (Å²) in [6, 6.07) is 9.47. The third-order valence-electron chi connectivity index (χ3n) is 3.66. The number of carbonyl (C=O) groups excluding carboxylic acids is 1. The maximum absolute atomic E-state index is 13.4. The molecule has 4 nitrogen and oxygen atoms in total. The molecule has 1 unspecified atom stereocenters. The second-order valence-electron chi connectivity index (χ2n) is 5.44. The van der Waals surface area contributed by atoms with Crippen LogP contribution in [0.5, 0.6) is 11.5 Å². The fourth-order valence-electron chi connectivity index (χ4n) is 2.52. The minimum Gasteiger partial charge on any atom is -0.457 e. The summed E-state index contributed by atoms with van der Waals surface area (Å²) in [5.74, 6) is 0.867. The summed E-state index contributed by atoms with van der Waals surface area (Å²) in [5, 5.41) is 2.82. The van der Waals surface area contributed by atoms with Crippen LogP contribution in [0.15, 0.2) is 36.4 Å². The average molecular weight is 300 g/mol. The van der Waals surface area contributed by atoms with Crippen molar-refractivity contribution >= 4 is 11.6 Å². The molecule has 2 aromatic carbocycles. The molecule has 0 radical (unpaired) electrons. The molecule has 0 aromatic heterocycles. The molecule has 0 spiro atoms. The van der Waals surface area contributed by atoms with E-state index in [-0.39, 0.29) is 17.8 Å². The van der Waals surface area contributed by atoms with Gasteiger partial charge in [0, 0.05) is 23.7 Å². The normalized spacial score (nSPS) is 15.0. The fraction of sp³-hybridized carbons (Fsp3) is 0.235. The smallest absolute Gasteiger partial charge is 0.224 e. The van der Waals surface area contributed by atoms with Crippen LogP contribution in [0.25, 0.3) is 0 Å². The Labute approximate surface area is 128 Å². The van der Waals surface area contributed by atoms with Crippen molar-refractivity contribution < 1.29 is 13.9 Å². The predicted octanol–water partition coefficient (Wildman–Crippen LogP) is 3.52. The highest BCUT2D eigenvalue weighted by atomic mass is 19.1. The van der Waals surface area contributed by atoms with Crippen molar-refractivity contribution in [1.29, 1.82) is 0 Å². The van der Waals surface area contributed by atoms with Crippen molar-refractivity contribution in [3.63, 3.8) is 0 Å². The Morgan fingerprint density at radius 3 is 2.82 bits per heavy atom. The summed E-state index contributed by atoms with van der Waals surface area (Å²) >= 11 is 0. The Balaban J connectivity index is 1.89. The molecular formula is C17H17FN2O2. The topological polar surface area (TPSA) is 64.3 Å². The molecule has 1 heterocycles. The van der Waals surface area contributed by atoms with E-state index in [9.17, 15) is 9.18 Å². The second-order valence-corrected chi connectivity index (χ2v) is 5.44. The highest BCUT2D eigenvalue weighted by Gasteiger charge is 2.16. The van der Waals surface area contributed by atoms with E-state index >= 15 is 0 Å². The van der Waals surface area contributed by atoms with Crippen LogP contribution in [-0.4, -0.2) is 5.91 Å². The number of nitrogens with two attached hydrogens (primary N) is 1. The number of aryl methyl sites for hydroxylation is 1. The van der Waals surface area contributed by atoms with Crippen LogP contribution < -0.4 is 15.8 Å². The van der Waals surface area contributed by atoms with E-state index in [1.807, 2.05) is 12.1 Å². The van der Waals surface area contributed by atoms with Crippen LogP contribution in [0, 0.1) is 5.82 Å². The zero-order valence-electron chi connectivity index (χ0n) is 12.2. The van der Waals surface area contributed by atoms with E-state index in [2.05, 4.69) is 5.32 Å². The van der Waals surface area contributed by atoms with Crippen LogP contribution in [0.2, 0.25) is 0 Å². The van der Waals surface area contributed by atoms with Crippen LogP contribution in [0.1, 0.15) is 30.5 Å². The SMILES string of the molecule is CC(N)c1cc(F)ccc1Oc1ccc2c(c1)CCC(=O)N2. The Bertz CT molecular complexity index is 729. The van der Waals surface area contributed by atoms with Gasteiger partial charge >= 0.3 is 0 Å². The van der Waals surface area contributed by atoms with E-state index in [4.69, 9.17) is 10.5 Å². The quantitative estimate of drug-likeness (QED) is 0.911. The molecule has 3 rings (SSSR count). The van der Waals surface area contributed by atoms with E-state index in [0.29, 0.717) is 29.9 Å². The van der Waals surface area contributed by atoms with Gasteiger partial charge in [0.2, 0.25) is 5.91 Å². The average Bonchev–Trinajstić information content (AvgIpc) is 2.49. The van der Waals surface area contributed by atoms with Gasteiger partial charge in [0.15, 0.2) is 0 Å². The van der Waals surface area contributed by atoms with E-state index in [1.54, 1.807) is 19.1 Å². The Morgan fingerprint density at radius 2 is 2.05 bits per heavy atom. The van der Waals surface area contributed by atoms with Crippen molar-refractivity contribution in [2.24, 2.45) is 5.73 Å². The molecule has 1 atom stereocenters.